The maximum Gasteiger partial charge on any atom is 0.293 e. The van der Waals surface area contributed by atoms with Crippen LogP contribution in [0.15, 0.2) is 17.2 Å². The van der Waals surface area contributed by atoms with Crippen LogP contribution in [0, 0.1) is 5.41 Å². The molecule has 134 valence electrons. The lowest BCUT2D eigenvalue weighted by Gasteiger charge is -2.38. The summed E-state index contributed by atoms with van der Waals surface area (Å²) in [5, 5.41) is 3.47. The molecule has 0 radical (unpaired) electrons. The Hall–Kier alpha value is -1.44. The highest BCUT2D eigenvalue weighted by Gasteiger charge is 2.33. The minimum absolute atomic E-state index is 0.0720. The number of ether oxygens (including phenoxy) is 1. The molecule has 3 rings (SSSR count). The second kappa shape index (κ2) is 7.21. The van der Waals surface area contributed by atoms with Crippen molar-refractivity contribution in [2.75, 3.05) is 57.8 Å². The lowest BCUT2D eigenvalue weighted by molar-refractivity contribution is -0.0339. The number of hydrogen-bond acceptors (Lipinski definition) is 6. The Kier molecular flexibility index (Phi) is 5.22. The fourth-order valence-electron chi connectivity index (χ4n) is 3.72. The summed E-state index contributed by atoms with van der Waals surface area (Å²) in [6.45, 7) is 9.01. The third-order valence-corrected chi connectivity index (χ3v) is 5.12. The predicted molar refractivity (Wildman–Crippen MR) is 94.5 cm³/mol. The van der Waals surface area contributed by atoms with Crippen LogP contribution in [-0.4, -0.2) is 73.5 Å². The monoisotopic (exact) mass is 335 g/mol. The van der Waals surface area contributed by atoms with Crippen molar-refractivity contribution < 1.29 is 4.74 Å². The van der Waals surface area contributed by atoms with E-state index in [0.717, 1.165) is 39.3 Å². The average Bonchev–Trinajstić information content (AvgIpc) is 2.96. The van der Waals surface area contributed by atoms with Gasteiger partial charge in [0.2, 0.25) is 0 Å². The molecule has 0 spiro atoms. The zero-order valence-electron chi connectivity index (χ0n) is 15.0. The number of nitrogens with zero attached hydrogens (tertiary/aromatic N) is 4. The van der Waals surface area contributed by atoms with E-state index in [1.54, 1.807) is 24.0 Å². The first kappa shape index (κ1) is 17.4. The quantitative estimate of drug-likeness (QED) is 0.812. The van der Waals surface area contributed by atoms with Crippen molar-refractivity contribution in [1.29, 1.82) is 0 Å². The van der Waals surface area contributed by atoms with Gasteiger partial charge in [-0.1, -0.05) is 6.92 Å². The topological polar surface area (TPSA) is 62.6 Å². The van der Waals surface area contributed by atoms with Crippen LogP contribution in [0.25, 0.3) is 0 Å². The largest absolute Gasteiger partial charge is 0.374 e. The smallest absolute Gasteiger partial charge is 0.293 e. The Bertz CT molecular complexity index is 611. The van der Waals surface area contributed by atoms with Crippen LogP contribution < -0.4 is 15.8 Å². The molecule has 0 saturated carbocycles. The average molecular weight is 335 g/mol. The first-order valence-corrected chi connectivity index (χ1v) is 8.74. The summed E-state index contributed by atoms with van der Waals surface area (Å²) in [6.07, 6.45) is 4.68. The van der Waals surface area contributed by atoms with Crippen LogP contribution in [0.4, 0.5) is 5.82 Å². The molecule has 1 N–H and O–H groups in total. The Balaban J connectivity index is 1.58. The second-order valence-corrected chi connectivity index (χ2v) is 7.51. The number of aromatic nitrogens is 2. The van der Waals surface area contributed by atoms with Crippen molar-refractivity contribution >= 4 is 5.82 Å². The highest BCUT2D eigenvalue weighted by atomic mass is 16.5. The molecule has 7 heteroatoms. The van der Waals surface area contributed by atoms with Crippen molar-refractivity contribution in [3.05, 3.63) is 22.7 Å². The van der Waals surface area contributed by atoms with E-state index in [0.29, 0.717) is 17.8 Å². The van der Waals surface area contributed by atoms with Gasteiger partial charge in [-0.15, -0.1) is 0 Å². The van der Waals surface area contributed by atoms with E-state index in [4.69, 9.17) is 4.74 Å². The number of likely N-dealkylation sites (N-methyl/N-ethyl adjacent to an activating group) is 1. The van der Waals surface area contributed by atoms with Crippen molar-refractivity contribution in [2.45, 2.75) is 19.4 Å². The van der Waals surface area contributed by atoms with Gasteiger partial charge >= 0.3 is 0 Å². The standard InChI is InChI=1S/C17H29N5O2/c1-17(4-5-18-12-17)13-22-8-9-24-14(11-22)10-21(3)15-16(23)20(2)7-6-19-15/h6-7,14,18H,4-5,8-13H2,1-3H3. The normalized spacial score (nSPS) is 28.2. The molecule has 7 nitrogen and oxygen atoms in total. The summed E-state index contributed by atoms with van der Waals surface area (Å²) in [5.74, 6) is 0.479. The van der Waals surface area contributed by atoms with Crippen LogP contribution in [0.5, 0.6) is 0 Å². The summed E-state index contributed by atoms with van der Waals surface area (Å²) in [4.78, 5) is 20.8. The summed E-state index contributed by atoms with van der Waals surface area (Å²) < 4.78 is 7.49. The van der Waals surface area contributed by atoms with Gasteiger partial charge in [-0.05, 0) is 18.4 Å². The van der Waals surface area contributed by atoms with Crippen LogP contribution in [0.2, 0.25) is 0 Å². The number of anilines is 1. The Morgan fingerprint density at radius 3 is 3.12 bits per heavy atom. The highest BCUT2D eigenvalue weighted by Crippen LogP contribution is 2.26. The number of rotatable bonds is 5. The van der Waals surface area contributed by atoms with Crippen molar-refractivity contribution in [3.63, 3.8) is 0 Å². The van der Waals surface area contributed by atoms with E-state index in [-0.39, 0.29) is 11.7 Å². The zero-order valence-corrected chi connectivity index (χ0v) is 15.0. The molecule has 24 heavy (non-hydrogen) atoms. The van der Waals surface area contributed by atoms with Gasteiger partial charge in [0.1, 0.15) is 0 Å². The van der Waals surface area contributed by atoms with Crippen molar-refractivity contribution in [2.24, 2.45) is 12.5 Å². The number of morpholine rings is 1. The fraction of sp³-hybridized carbons (Fsp3) is 0.765. The maximum atomic E-state index is 12.2. The van der Waals surface area contributed by atoms with Crippen LogP contribution in [0.1, 0.15) is 13.3 Å². The molecule has 0 aliphatic carbocycles. The molecular weight excluding hydrogens is 306 g/mol. The number of hydrogen-bond donors (Lipinski definition) is 1. The summed E-state index contributed by atoms with van der Waals surface area (Å²) in [5.41, 5.74) is 0.294. The summed E-state index contributed by atoms with van der Waals surface area (Å²) in [7, 11) is 3.66. The molecule has 3 heterocycles. The summed E-state index contributed by atoms with van der Waals surface area (Å²) >= 11 is 0. The fourth-order valence-corrected chi connectivity index (χ4v) is 3.72. The third kappa shape index (κ3) is 3.96. The molecule has 2 aliphatic heterocycles. The first-order chi connectivity index (χ1) is 11.5. The first-order valence-electron chi connectivity index (χ1n) is 8.74. The van der Waals surface area contributed by atoms with Gasteiger partial charge < -0.3 is 19.5 Å². The SMILES string of the molecule is CN(CC1CN(CC2(C)CCNC2)CCO1)c1nccn(C)c1=O. The van der Waals surface area contributed by atoms with Gasteiger partial charge in [0.25, 0.3) is 5.56 Å². The van der Waals surface area contributed by atoms with Gasteiger partial charge in [-0.2, -0.15) is 0 Å². The molecule has 0 amide bonds. The molecule has 2 aliphatic rings. The van der Waals surface area contributed by atoms with Crippen LogP contribution in [0.3, 0.4) is 0 Å². The Labute approximate surface area is 143 Å². The minimum atomic E-state index is -0.0720. The van der Waals surface area contributed by atoms with Gasteiger partial charge in [-0.3, -0.25) is 9.69 Å². The van der Waals surface area contributed by atoms with Crippen LogP contribution >= 0.6 is 0 Å². The molecule has 0 aromatic carbocycles. The highest BCUT2D eigenvalue weighted by molar-refractivity contribution is 5.34. The van der Waals surface area contributed by atoms with Gasteiger partial charge in [-0.25, -0.2) is 4.98 Å². The lowest BCUT2D eigenvalue weighted by Crippen LogP contribution is -2.50. The predicted octanol–water partition coefficient (Wildman–Crippen LogP) is -0.0831. The van der Waals surface area contributed by atoms with E-state index < -0.39 is 0 Å². The van der Waals surface area contributed by atoms with Gasteiger partial charge in [0, 0.05) is 59.2 Å². The van der Waals surface area contributed by atoms with E-state index in [1.807, 2.05) is 11.9 Å². The molecular formula is C17H29N5O2. The third-order valence-electron chi connectivity index (χ3n) is 5.12. The molecule has 2 saturated heterocycles. The lowest BCUT2D eigenvalue weighted by atomic mass is 9.89. The number of nitrogens with one attached hydrogen (secondary N) is 1. The second-order valence-electron chi connectivity index (χ2n) is 7.51. The van der Waals surface area contributed by atoms with E-state index in [2.05, 4.69) is 22.1 Å². The molecule has 2 fully saturated rings. The van der Waals surface area contributed by atoms with E-state index in [1.165, 1.54) is 6.42 Å². The molecule has 2 atom stereocenters. The van der Waals surface area contributed by atoms with Crippen LogP contribution in [-0.2, 0) is 11.8 Å². The Morgan fingerprint density at radius 2 is 2.38 bits per heavy atom. The number of aryl methyl sites for hydroxylation is 1. The maximum absolute atomic E-state index is 12.2. The van der Waals surface area contributed by atoms with Gasteiger partial charge in [0.05, 0.1) is 12.7 Å². The molecule has 1 aromatic rings. The van der Waals surface area contributed by atoms with Gasteiger partial charge in [0.15, 0.2) is 5.82 Å². The molecule has 0 bridgehead atoms. The van der Waals surface area contributed by atoms with Crippen molar-refractivity contribution in [3.8, 4) is 0 Å². The Morgan fingerprint density at radius 1 is 1.54 bits per heavy atom. The van der Waals surface area contributed by atoms with E-state index >= 15 is 0 Å². The van der Waals surface area contributed by atoms with E-state index in [9.17, 15) is 4.79 Å². The molecule has 2 unspecified atom stereocenters. The van der Waals surface area contributed by atoms with Crippen molar-refractivity contribution in [1.82, 2.24) is 19.8 Å². The molecule has 1 aromatic heterocycles. The summed E-state index contributed by atoms with van der Waals surface area (Å²) in [6, 6.07) is 0. The zero-order chi connectivity index (χ0) is 17.2. The minimum Gasteiger partial charge on any atom is -0.374 e.